The van der Waals surface area contributed by atoms with Crippen LogP contribution in [0.2, 0.25) is 0 Å². The molecule has 0 aliphatic carbocycles. The maximum Gasteiger partial charge on any atom is 0.573 e. The minimum atomic E-state index is -4.76. The minimum Gasteiger partial charge on any atom is -0.403 e. The predicted octanol–water partition coefficient (Wildman–Crippen LogP) is 1.36. The molecule has 0 aliphatic rings. The Hall–Kier alpha value is -2.12. The zero-order valence-electron chi connectivity index (χ0n) is 7.64. The number of benzene rings is 1. The van der Waals surface area contributed by atoms with Crippen LogP contribution < -0.4 is 4.74 Å². The third-order valence-electron chi connectivity index (χ3n) is 1.62. The van der Waals surface area contributed by atoms with Gasteiger partial charge in [0.15, 0.2) is 5.75 Å². The molecule has 1 aromatic carbocycles. The molecule has 2 rings (SSSR count). The van der Waals surface area contributed by atoms with Crippen molar-refractivity contribution < 1.29 is 17.9 Å². The largest absolute Gasteiger partial charge is 0.573 e. The predicted molar refractivity (Wildman–Crippen MR) is 44.7 cm³/mol. The van der Waals surface area contributed by atoms with Gasteiger partial charge in [-0.05, 0) is 17.3 Å². The van der Waals surface area contributed by atoms with Crippen molar-refractivity contribution >= 4 is 0 Å². The molecule has 1 heterocycles. The lowest BCUT2D eigenvalue weighted by molar-refractivity contribution is -0.274. The molecule has 0 saturated heterocycles. The highest BCUT2D eigenvalue weighted by molar-refractivity contribution is 5.44. The standard InChI is InChI=1S/C8H4F3N4O/c9-8(10,11)16-7-4-2-1-3-6(7)15-13-5-12-14-15/h1-4H. The van der Waals surface area contributed by atoms with E-state index in [1.54, 1.807) is 0 Å². The fourth-order valence-electron chi connectivity index (χ4n) is 1.08. The van der Waals surface area contributed by atoms with Crippen LogP contribution >= 0.6 is 0 Å². The molecule has 8 heteroatoms. The number of halogens is 3. The number of alkyl halides is 3. The molecular weight excluding hydrogens is 225 g/mol. The summed E-state index contributed by atoms with van der Waals surface area (Å²) in [6.45, 7) is 0. The number of rotatable bonds is 2. The Bertz CT molecular complexity index is 468. The van der Waals surface area contributed by atoms with E-state index in [0.29, 0.717) is 0 Å². The van der Waals surface area contributed by atoms with Gasteiger partial charge in [-0.3, -0.25) is 0 Å². The highest BCUT2D eigenvalue weighted by atomic mass is 19.4. The summed E-state index contributed by atoms with van der Waals surface area (Å²) in [5.41, 5.74) is 0.0357. The van der Waals surface area contributed by atoms with Crippen LogP contribution in [0.3, 0.4) is 0 Å². The fourth-order valence-corrected chi connectivity index (χ4v) is 1.08. The lowest BCUT2D eigenvalue weighted by Gasteiger charge is -2.11. The summed E-state index contributed by atoms with van der Waals surface area (Å²) < 4.78 is 40.0. The molecular formula is C8H4F3N4O. The molecule has 0 bridgehead atoms. The summed E-state index contributed by atoms with van der Waals surface area (Å²) in [5.74, 6) is -0.401. The molecule has 0 saturated carbocycles. The van der Waals surface area contributed by atoms with Gasteiger partial charge in [-0.15, -0.1) is 28.2 Å². The van der Waals surface area contributed by atoms with Gasteiger partial charge in [0.25, 0.3) is 0 Å². The average molecular weight is 229 g/mol. The van der Waals surface area contributed by atoms with Crippen molar-refractivity contribution in [2.75, 3.05) is 0 Å². The van der Waals surface area contributed by atoms with E-state index in [0.717, 1.165) is 10.9 Å². The second kappa shape index (κ2) is 3.80. The van der Waals surface area contributed by atoms with Crippen molar-refractivity contribution in [3.8, 4) is 11.4 Å². The maximum absolute atomic E-state index is 12.1. The van der Waals surface area contributed by atoms with Gasteiger partial charge >= 0.3 is 6.36 Å². The van der Waals surface area contributed by atoms with Crippen molar-refractivity contribution in [1.29, 1.82) is 0 Å². The lowest BCUT2D eigenvalue weighted by atomic mass is 10.3. The number of tetrazole rings is 1. The molecule has 0 spiro atoms. The zero-order chi connectivity index (χ0) is 11.6. The van der Waals surface area contributed by atoms with Gasteiger partial charge < -0.3 is 4.74 Å². The van der Waals surface area contributed by atoms with E-state index in [1.807, 2.05) is 0 Å². The summed E-state index contributed by atoms with van der Waals surface area (Å²) in [7, 11) is 0. The molecule has 0 fully saturated rings. The average Bonchev–Trinajstić information content (AvgIpc) is 2.69. The molecule has 0 atom stereocenters. The first-order valence-corrected chi connectivity index (χ1v) is 4.07. The Morgan fingerprint density at radius 2 is 2.00 bits per heavy atom. The van der Waals surface area contributed by atoms with Gasteiger partial charge in [0.05, 0.1) is 0 Å². The normalized spacial score (nSPS) is 11.4. The summed E-state index contributed by atoms with van der Waals surface area (Å²) >= 11 is 0. The summed E-state index contributed by atoms with van der Waals surface area (Å²) in [4.78, 5) is 0.890. The number of para-hydroxylation sites is 2. The Kier molecular flexibility index (Phi) is 2.47. The third kappa shape index (κ3) is 2.27. The van der Waals surface area contributed by atoms with Crippen LogP contribution in [-0.2, 0) is 0 Å². The quantitative estimate of drug-likeness (QED) is 0.780. The van der Waals surface area contributed by atoms with E-state index in [-0.39, 0.29) is 5.69 Å². The number of aromatic nitrogens is 4. The van der Waals surface area contributed by atoms with E-state index in [1.165, 1.54) is 18.2 Å². The van der Waals surface area contributed by atoms with Gasteiger partial charge in [-0.1, -0.05) is 12.1 Å². The smallest absolute Gasteiger partial charge is 0.403 e. The number of hydrogen-bond donors (Lipinski definition) is 0. The molecule has 0 amide bonds. The Balaban J connectivity index is 2.39. The topological polar surface area (TPSA) is 52.8 Å². The van der Waals surface area contributed by atoms with Crippen LogP contribution in [-0.4, -0.2) is 26.6 Å². The van der Waals surface area contributed by atoms with Gasteiger partial charge in [0, 0.05) is 0 Å². The van der Waals surface area contributed by atoms with Gasteiger partial charge in [0.2, 0.25) is 6.33 Å². The van der Waals surface area contributed by atoms with E-state index in [4.69, 9.17) is 0 Å². The Morgan fingerprint density at radius 3 is 2.62 bits per heavy atom. The molecule has 83 valence electrons. The molecule has 1 aromatic heterocycles. The summed E-state index contributed by atoms with van der Waals surface area (Å²) in [5, 5.41) is 10.2. The van der Waals surface area contributed by atoms with Crippen LogP contribution in [0, 0.1) is 6.33 Å². The van der Waals surface area contributed by atoms with Crippen LogP contribution in [0.25, 0.3) is 5.69 Å². The number of nitrogens with zero attached hydrogens (tertiary/aromatic N) is 4. The summed E-state index contributed by atoms with van der Waals surface area (Å²) in [6, 6.07) is 5.47. The first-order valence-electron chi connectivity index (χ1n) is 4.07. The lowest BCUT2D eigenvalue weighted by Crippen LogP contribution is -2.18. The fraction of sp³-hybridized carbons (Fsp3) is 0.125. The first-order chi connectivity index (χ1) is 7.56. The SMILES string of the molecule is FC(F)(F)Oc1ccccc1-n1n[c]nn1. The molecule has 2 aromatic rings. The minimum absolute atomic E-state index is 0.0357. The van der Waals surface area contributed by atoms with Crippen LogP contribution in [0.5, 0.6) is 5.75 Å². The molecule has 1 radical (unpaired) electrons. The van der Waals surface area contributed by atoms with E-state index in [9.17, 15) is 13.2 Å². The first kappa shape index (κ1) is 10.4. The third-order valence-corrected chi connectivity index (χ3v) is 1.62. The molecule has 0 unspecified atom stereocenters. The van der Waals surface area contributed by atoms with Crippen LogP contribution in [0.4, 0.5) is 13.2 Å². The molecule has 0 aliphatic heterocycles. The maximum atomic E-state index is 12.1. The van der Waals surface area contributed by atoms with Crippen molar-refractivity contribution in [1.82, 2.24) is 20.2 Å². The molecule has 16 heavy (non-hydrogen) atoms. The Morgan fingerprint density at radius 1 is 1.25 bits per heavy atom. The van der Waals surface area contributed by atoms with E-state index >= 15 is 0 Å². The van der Waals surface area contributed by atoms with Crippen molar-refractivity contribution in [2.24, 2.45) is 0 Å². The van der Waals surface area contributed by atoms with E-state index < -0.39 is 12.1 Å². The van der Waals surface area contributed by atoms with Crippen LogP contribution in [0.1, 0.15) is 0 Å². The number of hydrogen-bond acceptors (Lipinski definition) is 4. The van der Waals surface area contributed by atoms with E-state index in [2.05, 4.69) is 26.5 Å². The molecule has 5 nitrogen and oxygen atoms in total. The van der Waals surface area contributed by atoms with Gasteiger partial charge in [0.1, 0.15) is 5.69 Å². The van der Waals surface area contributed by atoms with Gasteiger partial charge in [-0.2, -0.15) is 0 Å². The second-order valence-corrected chi connectivity index (χ2v) is 2.69. The zero-order valence-corrected chi connectivity index (χ0v) is 7.64. The summed E-state index contributed by atoms with van der Waals surface area (Å²) in [6.07, 6.45) is -2.63. The van der Waals surface area contributed by atoms with Gasteiger partial charge in [-0.25, -0.2) is 0 Å². The molecule has 0 N–H and O–H groups in total. The highest BCUT2D eigenvalue weighted by Gasteiger charge is 2.32. The number of ether oxygens (including phenoxy) is 1. The van der Waals surface area contributed by atoms with Crippen molar-refractivity contribution in [2.45, 2.75) is 6.36 Å². The van der Waals surface area contributed by atoms with Crippen molar-refractivity contribution in [3.63, 3.8) is 0 Å². The van der Waals surface area contributed by atoms with Crippen molar-refractivity contribution in [3.05, 3.63) is 30.6 Å². The second-order valence-electron chi connectivity index (χ2n) is 2.69. The highest BCUT2D eigenvalue weighted by Crippen LogP contribution is 2.27. The monoisotopic (exact) mass is 229 g/mol. The Labute approximate surface area is 87.4 Å². The van der Waals surface area contributed by atoms with Crippen LogP contribution in [0.15, 0.2) is 24.3 Å².